The van der Waals surface area contributed by atoms with Gasteiger partial charge in [-0.25, -0.2) is 0 Å². The van der Waals surface area contributed by atoms with Crippen LogP contribution in [0.2, 0.25) is 0 Å². The van der Waals surface area contributed by atoms with Gasteiger partial charge in [-0.05, 0) is 54.9 Å². The Morgan fingerprint density at radius 2 is 2.22 bits per heavy atom. The molecule has 0 fully saturated rings. The zero-order chi connectivity index (χ0) is 18.8. The molecule has 6 heteroatoms. The van der Waals surface area contributed by atoms with E-state index < -0.39 is 0 Å². The van der Waals surface area contributed by atoms with Crippen LogP contribution in [0.25, 0.3) is 11.4 Å². The number of thiophene rings is 1. The number of benzene rings is 1. The molecule has 1 atom stereocenters. The zero-order valence-corrected chi connectivity index (χ0v) is 19.0. The van der Waals surface area contributed by atoms with Gasteiger partial charge < -0.3 is 4.57 Å². The summed E-state index contributed by atoms with van der Waals surface area (Å²) in [6, 6.07) is 8.48. The molecule has 3 aromatic rings. The smallest absolute Gasteiger partial charge is 0.191 e. The highest BCUT2D eigenvalue weighted by Gasteiger charge is 2.24. The second-order valence-electron chi connectivity index (χ2n) is 7.28. The van der Waals surface area contributed by atoms with Crippen LogP contribution in [0.5, 0.6) is 0 Å². The zero-order valence-electron chi connectivity index (χ0n) is 15.7. The standard InChI is InChI=1S/C21H24BrN3S2/c1-3-9-25-20(18-13-26-19-10-14(2)7-8-17(18)19)23-24-21(25)27-12-15-5-4-6-16(22)11-15/h4-6,11,13-14H,3,7-10,12H2,1-2H3. The highest BCUT2D eigenvalue weighted by Crippen LogP contribution is 2.38. The molecule has 0 radical (unpaired) electrons. The third-order valence-corrected chi connectivity index (χ3v) is 7.65. The summed E-state index contributed by atoms with van der Waals surface area (Å²) in [4.78, 5) is 1.55. The molecule has 4 rings (SSSR count). The van der Waals surface area contributed by atoms with E-state index in [-0.39, 0.29) is 0 Å². The second kappa shape index (κ2) is 8.50. The van der Waals surface area contributed by atoms with Crippen LogP contribution in [-0.2, 0) is 25.1 Å². The lowest BCUT2D eigenvalue weighted by Crippen LogP contribution is -2.10. The Hall–Kier alpha value is -1.11. The van der Waals surface area contributed by atoms with Crippen molar-refractivity contribution in [3.63, 3.8) is 0 Å². The molecule has 2 heterocycles. The van der Waals surface area contributed by atoms with E-state index in [0.717, 1.165) is 40.1 Å². The Labute approximate surface area is 177 Å². The summed E-state index contributed by atoms with van der Waals surface area (Å²) in [5, 5.41) is 12.5. The SMILES string of the molecule is CCCn1c(SCc2cccc(Br)c2)nnc1-c1csc2c1CCC(C)C2. The fourth-order valence-electron chi connectivity index (χ4n) is 3.66. The van der Waals surface area contributed by atoms with Gasteiger partial charge in [-0.3, -0.25) is 0 Å². The summed E-state index contributed by atoms with van der Waals surface area (Å²) in [6.07, 6.45) is 4.75. The van der Waals surface area contributed by atoms with E-state index in [9.17, 15) is 0 Å². The Morgan fingerprint density at radius 3 is 3.04 bits per heavy atom. The van der Waals surface area contributed by atoms with Crippen molar-refractivity contribution < 1.29 is 0 Å². The molecule has 1 aliphatic carbocycles. The van der Waals surface area contributed by atoms with Gasteiger partial charge in [0.1, 0.15) is 0 Å². The number of rotatable bonds is 6. The van der Waals surface area contributed by atoms with Crippen molar-refractivity contribution in [1.82, 2.24) is 14.8 Å². The van der Waals surface area contributed by atoms with Gasteiger partial charge in [0.05, 0.1) is 0 Å². The highest BCUT2D eigenvalue weighted by atomic mass is 79.9. The van der Waals surface area contributed by atoms with Crippen LogP contribution in [0.1, 0.15) is 42.7 Å². The van der Waals surface area contributed by atoms with Crippen LogP contribution in [0.4, 0.5) is 0 Å². The molecule has 0 aliphatic heterocycles. The van der Waals surface area contributed by atoms with Gasteiger partial charge in [0, 0.05) is 32.6 Å². The molecule has 3 nitrogen and oxygen atoms in total. The first kappa shape index (κ1) is 19.2. The van der Waals surface area contributed by atoms with Gasteiger partial charge in [0.25, 0.3) is 0 Å². The average molecular weight is 462 g/mol. The minimum absolute atomic E-state index is 0.800. The van der Waals surface area contributed by atoms with E-state index in [2.05, 4.69) is 74.2 Å². The van der Waals surface area contributed by atoms with Gasteiger partial charge in [0.15, 0.2) is 11.0 Å². The van der Waals surface area contributed by atoms with Crippen LogP contribution >= 0.6 is 39.0 Å². The molecular formula is C21H24BrN3S2. The van der Waals surface area contributed by atoms with E-state index >= 15 is 0 Å². The third kappa shape index (κ3) is 4.17. The van der Waals surface area contributed by atoms with Crippen molar-refractivity contribution >= 4 is 39.0 Å². The summed E-state index contributed by atoms with van der Waals surface area (Å²) in [6.45, 7) is 5.54. The van der Waals surface area contributed by atoms with Crippen LogP contribution < -0.4 is 0 Å². The van der Waals surface area contributed by atoms with Gasteiger partial charge in [-0.15, -0.1) is 21.5 Å². The minimum Gasteiger partial charge on any atom is -0.302 e. The van der Waals surface area contributed by atoms with E-state index in [0.29, 0.717) is 0 Å². The molecule has 0 N–H and O–H groups in total. The number of hydrogen-bond acceptors (Lipinski definition) is 4. The summed E-state index contributed by atoms with van der Waals surface area (Å²) < 4.78 is 3.44. The van der Waals surface area contributed by atoms with E-state index in [1.54, 1.807) is 16.6 Å². The Bertz CT molecular complexity index is 931. The molecule has 2 aromatic heterocycles. The molecule has 0 spiro atoms. The quantitative estimate of drug-likeness (QED) is 0.387. The first-order chi connectivity index (χ1) is 13.2. The molecule has 27 heavy (non-hydrogen) atoms. The van der Waals surface area contributed by atoms with E-state index in [1.165, 1.54) is 36.0 Å². The lowest BCUT2D eigenvalue weighted by Gasteiger charge is -2.19. The fourth-order valence-corrected chi connectivity index (χ4v) is 6.26. The predicted molar refractivity (Wildman–Crippen MR) is 119 cm³/mol. The molecular weight excluding hydrogens is 438 g/mol. The van der Waals surface area contributed by atoms with E-state index in [4.69, 9.17) is 0 Å². The maximum Gasteiger partial charge on any atom is 0.191 e. The van der Waals surface area contributed by atoms with Crippen molar-refractivity contribution in [3.05, 3.63) is 50.1 Å². The molecule has 0 bridgehead atoms. The van der Waals surface area contributed by atoms with Gasteiger partial charge >= 0.3 is 0 Å². The summed E-state index contributed by atoms with van der Waals surface area (Å²) in [5.74, 6) is 2.76. The van der Waals surface area contributed by atoms with Gasteiger partial charge in [0.2, 0.25) is 0 Å². The second-order valence-corrected chi connectivity index (χ2v) is 10.1. The van der Waals surface area contributed by atoms with Crippen LogP contribution in [0.15, 0.2) is 39.3 Å². The van der Waals surface area contributed by atoms with Crippen molar-refractivity contribution in [2.45, 2.75) is 57.0 Å². The lowest BCUT2D eigenvalue weighted by atomic mass is 9.88. The number of aromatic nitrogens is 3. The predicted octanol–water partition coefficient (Wildman–Crippen LogP) is 6.60. The van der Waals surface area contributed by atoms with Crippen molar-refractivity contribution in [2.24, 2.45) is 5.92 Å². The number of nitrogens with zero attached hydrogens (tertiary/aromatic N) is 3. The number of fused-ring (bicyclic) bond motifs is 1. The van der Waals surface area contributed by atoms with Crippen molar-refractivity contribution in [3.8, 4) is 11.4 Å². The molecule has 0 saturated carbocycles. The first-order valence-electron chi connectivity index (χ1n) is 9.55. The lowest BCUT2D eigenvalue weighted by molar-refractivity contribution is 0.508. The van der Waals surface area contributed by atoms with Crippen LogP contribution in [0.3, 0.4) is 0 Å². The summed E-state index contributed by atoms with van der Waals surface area (Å²) >= 11 is 7.24. The number of thioether (sulfide) groups is 1. The topological polar surface area (TPSA) is 30.7 Å². The highest BCUT2D eigenvalue weighted by molar-refractivity contribution is 9.10. The molecule has 1 unspecified atom stereocenters. The number of halogens is 1. The molecule has 1 aliphatic rings. The Kier molecular flexibility index (Phi) is 6.05. The minimum atomic E-state index is 0.800. The fraction of sp³-hybridized carbons (Fsp3) is 0.429. The Morgan fingerprint density at radius 1 is 1.33 bits per heavy atom. The third-order valence-electron chi connectivity index (χ3n) is 5.06. The largest absolute Gasteiger partial charge is 0.302 e. The maximum absolute atomic E-state index is 4.62. The van der Waals surface area contributed by atoms with Gasteiger partial charge in [-0.2, -0.15) is 0 Å². The van der Waals surface area contributed by atoms with E-state index in [1.807, 2.05) is 11.3 Å². The molecule has 1 aromatic carbocycles. The summed E-state index contributed by atoms with van der Waals surface area (Å²) in [7, 11) is 0. The average Bonchev–Trinajstić information content (AvgIpc) is 3.24. The normalized spacial score (nSPS) is 16.5. The maximum atomic E-state index is 4.62. The Balaban J connectivity index is 1.61. The van der Waals surface area contributed by atoms with Crippen molar-refractivity contribution in [1.29, 1.82) is 0 Å². The first-order valence-corrected chi connectivity index (χ1v) is 12.2. The van der Waals surface area contributed by atoms with Crippen molar-refractivity contribution in [2.75, 3.05) is 0 Å². The van der Waals surface area contributed by atoms with Gasteiger partial charge in [-0.1, -0.05) is 53.7 Å². The monoisotopic (exact) mass is 461 g/mol. The molecule has 142 valence electrons. The van der Waals surface area contributed by atoms with Crippen LogP contribution in [0, 0.1) is 5.92 Å². The molecule has 0 amide bonds. The summed E-state index contributed by atoms with van der Waals surface area (Å²) in [5.41, 5.74) is 4.13. The number of hydrogen-bond donors (Lipinski definition) is 0. The molecule has 0 saturated heterocycles. The van der Waals surface area contributed by atoms with Crippen LogP contribution in [-0.4, -0.2) is 14.8 Å².